The van der Waals surface area contributed by atoms with Gasteiger partial charge in [-0.2, -0.15) is 0 Å². The van der Waals surface area contributed by atoms with Gasteiger partial charge < -0.3 is 5.43 Å². The van der Waals surface area contributed by atoms with Crippen molar-refractivity contribution in [2.24, 2.45) is 5.84 Å². The van der Waals surface area contributed by atoms with Gasteiger partial charge in [0.25, 0.3) is 0 Å². The maximum Gasteiger partial charge on any atom is 0.0485 e. The minimum Gasteiger partial charge on any atom is -0.324 e. The molecule has 0 atom stereocenters. The Balaban J connectivity index is 2.42. The zero-order valence-electron chi connectivity index (χ0n) is 8.70. The van der Waals surface area contributed by atoms with Crippen molar-refractivity contribution in [3.05, 3.63) is 54.1 Å². The van der Waals surface area contributed by atoms with Gasteiger partial charge in [-0.1, -0.05) is 36.4 Å². The third kappa shape index (κ3) is 2.00. The molecule has 2 rings (SSSR count). The Labute approximate surface area is 89.7 Å². The summed E-state index contributed by atoms with van der Waals surface area (Å²) in [4.78, 5) is 0. The van der Waals surface area contributed by atoms with Crippen molar-refractivity contribution in [1.29, 1.82) is 0 Å². The summed E-state index contributed by atoms with van der Waals surface area (Å²) in [6.07, 6.45) is 0. The third-order valence-corrected chi connectivity index (χ3v) is 2.51. The molecule has 2 nitrogen and oxygen atoms in total. The molecule has 2 heteroatoms. The van der Waals surface area contributed by atoms with E-state index in [9.17, 15) is 0 Å². The number of benzene rings is 2. The van der Waals surface area contributed by atoms with Crippen molar-refractivity contribution in [2.75, 3.05) is 5.43 Å². The van der Waals surface area contributed by atoms with E-state index in [-0.39, 0.29) is 0 Å². The van der Waals surface area contributed by atoms with Gasteiger partial charge in [-0.05, 0) is 35.7 Å². The lowest BCUT2D eigenvalue weighted by atomic mass is 10.0. The van der Waals surface area contributed by atoms with Gasteiger partial charge in [0.15, 0.2) is 0 Å². The molecular formula is C13H14N2. The standard InChI is InChI=1S/C13H14N2/c1-10-4-2-3-5-13(10)11-6-8-12(15-14)9-7-11/h2-9,15H,14H2,1H3. The van der Waals surface area contributed by atoms with E-state index in [4.69, 9.17) is 5.84 Å². The molecule has 0 fully saturated rings. The van der Waals surface area contributed by atoms with Crippen LogP contribution in [0, 0.1) is 6.92 Å². The molecule has 2 aromatic rings. The van der Waals surface area contributed by atoms with Gasteiger partial charge in [0.2, 0.25) is 0 Å². The Morgan fingerprint density at radius 3 is 2.20 bits per heavy atom. The number of rotatable bonds is 2. The van der Waals surface area contributed by atoms with Crippen LogP contribution in [0.25, 0.3) is 11.1 Å². The SMILES string of the molecule is Cc1ccccc1-c1ccc(NN)cc1. The van der Waals surface area contributed by atoms with Crippen molar-refractivity contribution in [1.82, 2.24) is 0 Å². The van der Waals surface area contributed by atoms with Crippen LogP contribution in [0.5, 0.6) is 0 Å². The van der Waals surface area contributed by atoms with E-state index in [1.165, 1.54) is 16.7 Å². The highest BCUT2D eigenvalue weighted by molar-refractivity contribution is 5.68. The highest BCUT2D eigenvalue weighted by Crippen LogP contribution is 2.23. The van der Waals surface area contributed by atoms with Crippen molar-refractivity contribution in [2.45, 2.75) is 6.92 Å². The van der Waals surface area contributed by atoms with Gasteiger partial charge in [-0.25, -0.2) is 0 Å². The normalized spacial score (nSPS) is 10.0. The number of hydrogen-bond acceptors (Lipinski definition) is 2. The van der Waals surface area contributed by atoms with Crippen LogP contribution in [-0.4, -0.2) is 0 Å². The fourth-order valence-electron chi connectivity index (χ4n) is 1.64. The van der Waals surface area contributed by atoms with Crippen LogP contribution < -0.4 is 11.3 Å². The molecule has 0 aliphatic carbocycles. The van der Waals surface area contributed by atoms with Crippen LogP contribution in [0.15, 0.2) is 48.5 Å². The number of aryl methyl sites for hydroxylation is 1. The Hall–Kier alpha value is -1.80. The molecule has 0 unspecified atom stereocenters. The van der Waals surface area contributed by atoms with E-state index in [0.717, 1.165) is 5.69 Å². The lowest BCUT2D eigenvalue weighted by Crippen LogP contribution is -2.05. The minimum atomic E-state index is 0.923. The average Bonchev–Trinajstić information content (AvgIpc) is 2.30. The fourth-order valence-corrected chi connectivity index (χ4v) is 1.64. The molecule has 0 aliphatic heterocycles. The van der Waals surface area contributed by atoms with Crippen LogP contribution in [0.1, 0.15) is 5.56 Å². The molecule has 15 heavy (non-hydrogen) atoms. The number of hydrazine groups is 1. The second-order valence-electron chi connectivity index (χ2n) is 3.54. The molecular weight excluding hydrogens is 184 g/mol. The summed E-state index contributed by atoms with van der Waals surface area (Å²) >= 11 is 0. The number of nitrogen functional groups attached to an aromatic ring is 1. The predicted octanol–water partition coefficient (Wildman–Crippen LogP) is 2.95. The monoisotopic (exact) mass is 198 g/mol. The second-order valence-corrected chi connectivity index (χ2v) is 3.54. The zero-order chi connectivity index (χ0) is 10.7. The molecule has 3 N–H and O–H groups in total. The second kappa shape index (κ2) is 4.15. The van der Waals surface area contributed by atoms with E-state index in [1.807, 2.05) is 12.1 Å². The summed E-state index contributed by atoms with van der Waals surface area (Å²) in [7, 11) is 0. The van der Waals surface area contributed by atoms with Gasteiger partial charge in [0.05, 0.1) is 0 Å². The van der Waals surface area contributed by atoms with Crippen molar-refractivity contribution >= 4 is 5.69 Å². The number of nitrogens with two attached hydrogens (primary N) is 1. The van der Waals surface area contributed by atoms with Crippen molar-refractivity contribution < 1.29 is 0 Å². The largest absolute Gasteiger partial charge is 0.324 e. The minimum absolute atomic E-state index is 0.923. The van der Waals surface area contributed by atoms with Crippen LogP contribution in [0.3, 0.4) is 0 Å². The van der Waals surface area contributed by atoms with Gasteiger partial charge in [-0.15, -0.1) is 0 Å². The number of anilines is 1. The molecule has 76 valence electrons. The maximum atomic E-state index is 5.32. The van der Waals surface area contributed by atoms with Gasteiger partial charge in [0, 0.05) is 5.69 Å². The predicted molar refractivity (Wildman–Crippen MR) is 64.4 cm³/mol. The van der Waals surface area contributed by atoms with Crippen LogP contribution in [-0.2, 0) is 0 Å². The summed E-state index contributed by atoms with van der Waals surface area (Å²) in [6.45, 7) is 2.12. The fraction of sp³-hybridized carbons (Fsp3) is 0.0769. The van der Waals surface area contributed by atoms with E-state index < -0.39 is 0 Å². The molecule has 0 saturated carbocycles. The summed E-state index contributed by atoms with van der Waals surface area (Å²) in [5, 5.41) is 0. The number of nitrogens with one attached hydrogen (secondary N) is 1. The Bertz CT molecular complexity index is 446. The van der Waals surface area contributed by atoms with E-state index in [0.29, 0.717) is 0 Å². The topological polar surface area (TPSA) is 38.0 Å². The van der Waals surface area contributed by atoms with Crippen molar-refractivity contribution in [3.8, 4) is 11.1 Å². The summed E-state index contributed by atoms with van der Waals surface area (Å²) in [5.41, 5.74) is 7.31. The van der Waals surface area contributed by atoms with Gasteiger partial charge >= 0.3 is 0 Å². The Kier molecular flexibility index (Phi) is 2.70. The lowest BCUT2D eigenvalue weighted by Gasteiger charge is -2.06. The molecule has 0 radical (unpaired) electrons. The van der Waals surface area contributed by atoms with Crippen LogP contribution >= 0.6 is 0 Å². The first-order chi connectivity index (χ1) is 7.31. The van der Waals surface area contributed by atoms with E-state index in [1.54, 1.807) is 0 Å². The average molecular weight is 198 g/mol. The van der Waals surface area contributed by atoms with Crippen LogP contribution in [0.2, 0.25) is 0 Å². The summed E-state index contributed by atoms with van der Waals surface area (Å²) < 4.78 is 0. The van der Waals surface area contributed by atoms with Gasteiger partial charge in [0.1, 0.15) is 0 Å². The smallest absolute Gasteiger partial charge is 0.0485 e. The molecule has 0 spiro atoms. The molecule has 0 heterocycles. The van der Waals surface area contributed by atoms with Crippen LogP contribution in [0.4, 0.5) is 5.69 Å². The molecule has 0 saturated heterocycles. The molecule has 0 amide bonds. The Morgan fingerprint density at radius 2 is 1.60 bits per heavy atom. The molecule has 2 aromatic carbocycles. The van der Waals surface area contributed by atoms with Crippen molar-refractivity contribution in [3.63, 3.8) is 0 Å². The quantitative estimate of drug-likeness (QED) is 0.575. The van der Waals surface area contributed by atoms with Gasteiger partial charge in [-0.3, -0.25) is 5.84 Å². The highest BCUT2D eigenvalue weighted by Gasteiger charge is 1.99. The lowest BCUT2D eigenvalue weighted by molar-refractivity contribution is 1.35. The Morgan fingerprint density at radius 1 is 0.933 bits per heavy atom. The number of hydrogen-bond donors (Lipinski definition) is 2. The maximum absolute atomic E-state index is 5.32. The first-order valence-corrected chi connectivity index (χ1v) is 4.94. The van der Waals surface area contributed by atoms with E-state index in [2.05, 4.69) is 48.7 Å². The highest BCUT2D eigenvalue weighted by atomic mass is 15.2. The first-order valence-electron chi connectivity index (χ1n) is 4.94. The third-order valence-electron chi connectivity index (χ3n) is 2.51. The molecule has 0 aliphatic rings. The summed E-state index contributed by atoms with van der Waals surface area (Å²) in [5.74, 6) is 5.32. The molecule has 0 aromatic heterocycles. The van der Waals surface area contributed by atoms with E-state index >= 15 is 0 Å². The first kappa shape index (κ1) is 9.74. The zero-order valence-corrected chi connectivity index (χ0v) is 8.70. The summed E-state index contributed by atoms with van der Waals surface area (Å²) in [6, 6.07) is 16.4. The molecule has 0 bridgehead atoms.